The fraction of sp³-hybridized carbons (Fsp3) is 0.591. The minimum absolute atomic E-state index is 0.198. The van der Waals surface area contributed by atoms with Crippen LogP contribution in [0.25, 0.3) is 0 Å². The molecule has 0 nitrogen and oxygen atoms in total. The third-order valence-electron chi connectivity index (χ3n) is 4.73. The second kappa shape index (κ2) is 9.88. The maximum atomic E-state index is 3.30. The van der Waals surface area contributed by atoms with Crippen molar-refractivity contribution in [2.24, 2.45) is 11.3 Å². The predicted octanol–water partition coefficient (Wildman–Crippen LogP) is 6.33. The van der Waals surface area contributed by atoms with Crippen LogP contribution in [-0.4, -0.2) is 3.21 Å². The van der Waals surface area contributed by atoms with Crippen molar-refractivity contribution >= 4 is 3.21 Å². The van der Waals surface area contributed by atoms with E-state index >= 15 is 0 Å². The molecular weight excluding hydrogens is 355 g/mol. The molecule has 1 fully saturated rings. The molecule has 23 heavy (non-hydrogen) atoms. The van der Waals surface area contributed by atoms with Crippen molar-refractivity contribution < 1.29 is 24.2 Å². The zero-order valence-electron chi connectivity index (χ0n) is 15.8. The van der Waals surface area contributed by atoms with Crippen LogP contribution in [0.15, 0.2) is 34.9 Å². The first-order valence-corrected chi connectivity index (χ1v) is 10.1. The summed E-state index contributed by atoms with van der Waals surface area (Å²) in [6.07, 6.45) is 20.2. The second-order valence-electron chi connectivity index (χ2n) is 7.36. The zero-order chi connectivity index (χ0) is 17.5. The van der Waals surface area contributed by atoms with Crippen molar-refractivity contribution in [3.63, 3.8) is 0 Å². The molecular formula is C22H32Zr. The van der Waals surface area contributed by atoms with Crippen LogP contribution in [0.5, 0.6) is 0 Å². The van der Waals surface area contributed by atoms with Crippen molar-refractivity contribution in [2.75, 3.05) is 0 Å². The molecule has 1 atom stereocenters. The Hall–Kier alpha value is -0.287. The molecule has 0 N–H and O–H groups in total. The quantitative estimate of drug-likeness (QED) is 0.426. The van der Waals surface area contributed by atoms with Crippen LogP contribution >= 0.6 is 0 Å². The molecule has 124 valence electrons. The van der Waals surface area contributed by atoms with E-state index in [4.69, 9.17) is 0 Å². The van der Waals surface area contributed by atoms with E-state index in [9.17, 15) is 0 Å². The van der Waals surface area contributed by atoms with E-state index in [2.05, 4.69) is 71.9 Å². The molecule has 3 aliphatic carbocycles. The molecule has 0 aromatic carbocycles. The van der Waals surface area contributed by atoms with E-state index in [-0.39, 0.29) is 5.41 Å². The summed E-state index contributed by atoms with van der Waals surface area (Å²) in [6.45, 7) is 12.9. The summed E-state index contributed by atoms with van der Waals surface area (Å²) in [4.78, 5) is 0. The van der Waals surface area contributed by atoms with Gasteiger partial charge < -0.3 is 0 Å². The molecule has 1 heteroatoms. The molecule has 3 aliphatic rings. The van der Waals surface area contributed by atoms with Gasteiger partial charge in [-0.1, -0.05) is 46.0 Å². The van der Waals surface area contributed by atoms with Crippen molar-refractivity contribution in [3.8, 4) is 0 Å². The molecule has 1 unspecified atom stereocenters. The van der Waals surface area contributed by atoms with Gasteiger partial charge in [0, 0.05) is 0 Å². The number of hydrogen-bond acceptors (Lipinski definition) is 0. The molecule has 1 saturated carbocycles. The van der Waals surface area contributed by atoms with E-state index in [0.29, 0.717) is 5.92 Å². The molecule has 0 spiro atoms. The summed E-state index contributed by atoms with van der Waals surface area (Å²) in [7, 11) is 0. The van der Waals surface area contributed by atoms with Crippen LogP contribution in [0.1, 0.15) is 73.6 Å². The molecule has 3 rings (SSSR count). The first kappa shape index (κ1) is 20.8. The summed E-state index contributed by atoms with van der Waals surface area (Å²) >= 11 is 1.69. The maximum absolute atomic E-state index is 3.30. The predicted molar refractivity (Wildman–Crippen MR) is 98.8 cm³/mol. The summed E-state index contributed by atoms with van der Waals surface area (Å²) in [6, 6.07) is 0. The zero-order valence-corrected chi connectivity index (χ0v) is 18.3. The fourth-order valence-corrected chi connectivity index (χ4v) is 3.59. The van der Waals surface area contributed by atoms with Crippen molar-refractivity contribution in [2.45, 2.75) is 73.6 Å². The van der Waals surface area contributed by atoms with Crippen molar-refractivity contribution in [3.05, 3.63) is 47.1 Å². The standard InChI is InChI=1S/C9H13.C7H9.C6H10.Zr/c1-7-5-6-9(3,4)8(7)2;1-6-3-4-7(2)5-6;1-2-4-6-5-3-1;/h5H,1-4H3;3-4,6H,1-2H3;1-5H2;/q2*-1;;+2. The van der Waals surface area contributed by atoms with Gasteiger partial charge in [-0.05, 0) is 0 Å². The Bertz CT molecular complexity index is 518. The monoisotopic (exact) mass is 386 g/mol. The minimum atomic E-state index is 0.198. The van der Waals surface area contributed by atoms with Crippen LogP contribution in [0.3, 0.4) is 0 Å². The van der Waals surface area contributed by atoms with Gasteiger partial charge in [-0.2, -0.15) is 11.6 Å². The van der Waals surface area contributed by atoms with Gasteiger partial charge in [0.25, 0.3) is 0 Å². The van der Waals surface area contributed by atoms with Crippen LogP contribution in [0, 0.1) is 23.5 Å². The molecule has 0 aliphatic heterocycles. The number of hydrogen-bond donors (Lipinski definition) is 0. The molecule has 0 heterocycles. The average molecular weight is 388 g/mol. The Labute approximate surface area is 159 Å². The molecule has 0 aromatic rings. The molecule has 0 radical (unpaired) electrons. The first-order valence-electron chi connectivity index (χ1n) is 8.86. The average Bonchev–Trinajstić information content (AvgIpc) is 2.99. The van der Waals surface area contributed by atoms with Gasteiger partial charge in [0.1, 0.15) is 0 Å². The molecule has 0 saturated heterocycles. The normalized spacial score (nSPS) is 24.8. The topological polar surface area (TPSA) is 0 Å². The van der Waals surface area contributed by atoms with Gasteiger partial charge in [-0.15, -0.1) is 6.92 Å². The number of allylic oxidation sites excluding steroid dienone is 8. The third-order valence-corrected chi connectivity index (χ3v) is 5.95. The van der Waals surface area contributed by atoms with Gasteiger partial charge in [0.2, 0.25) is 0 Å². The van der Waals surface area contributed by atoms with Crippen molar-refractivity contribution in [1.82, 2.24) is 0 Å². The molecule has 0 amide bonds. The first-order chi connectivity index (χ1) is 10.7. The fourth-order valence-electron chi connectivity index (χ4n) is 2.72. The Kier molecular flexibility index (Phi) is 8.91. The Morgan fingerprint density at radius 1 is 1.09 bits per heavy atom. The summed E-state index contributed by atoms with van der Waals surface area (Å²) in [5, 5.41) is 0. The summed E-state index contributed by atoms with van der Waals surface area (Å²) in [5.74, 6) is 0.556. The number of rotatable bonds is 0. The SMILES string of the molecule is CC1=C(C)C(C)(C)[C-]=C1.CC1=[C-]C(C)C=C1.[Zr+2]=[C]1CCCCC1. The molecule has 0 bridgehead atoms. The summed E-state index contributed by atoms with van der Waals surface area (Å²) < 4.78 is 1.80. The summed E-state index contributed by atoms with van der Waals surface area (Å²) in [5.41, 5.74) is 4.29. The van der Waals surface area contributed by atoms with E-state index in [1.807, 2.05) is 0 Å². The van der Waals surface area contributed by atoms with E-state index in [1.165, 1.54) is 48.8 Å². The van der Waals surface area contributed by atoms with Crippen LogP contribution in [0.2, 0.25) is 0 Å². The Morgan fingerprint density at radius 2 is 1.70 bits per heavy atom. The van der Waals surface area contributed by atoms with E-state index < -0.39 is 0 Å². The Morgan fingerprint density at radius 3 is 1.87 bits per heavy atom. The van der Waals surface area contributed by atoms with Gasteiger partial charge in [-0.25, -0.2) is 23.3 Å². The van der Waals surface area contributed by atoms with Gasteiger partial charge in [0.15, 0.2) is 0 Å². The van der Waals surface area contributed by atoms with Gasteiger partial charge in [-0.3, -0.25) is 12.2 Å². The van der Waals surface area contributed by atoms with Gasteiger partial charge in [0.05, 0.1) is 0 Å². The van der Waals surface area contributed by atoms with Crippen LogP contribution in [-0.2, 0) is 24.2 Å². The third kappa shape index (κ3) is 7.88. The second-order valence-corrected chi connectivity index (χ2v) is 9.10. The van der Waals surface area contributed by atoms with Crippen LogP contribution in [0.4, 0.5) is 0 Å². The van der Waals surface area contributed by atoms with Crippen LogP contribution < -0.4 is 0 Å². The van der Waals surface area contributed by atoms with Gasteiger partial charge >= 0.3 is 59.5 Å². The van der Waals surface area contributed by atoms with Crippen molar-refractivity contribution in [1.29, 1.82) is 0 Å². The Balaban J connectivity index is 0.000000175. The molecule has 0 aromatic heterocycles. The van der Waals surface area contributed by atoms with E-state index in [0.717, 1.165) is 0 Å². The van der Waals surface area contributed by atoms with E-state index in [1.54, 1.807) is 27.4 Å².